The standard InChI is InChI=1S/C24H23ClN2O5S/c1-3-32-24(29)18-6-4-8-20(14-18)26-23(28)16-27(21-9-5-7-19(25)15-21)33(30,31)22-12-10-17(2)11-13-22/h4-15H,3,16H2,1-2H3,(H,26,28). The van der Waals surface area contributed by atoms with Gasteiger partial charge in [0.25, 0.3) is 10.0 Å². The lowest BCUT2D eigenvalue weighted by molar-refractivity contribution is -0.114. The maximum atomic E-state index is 13.4. The monoisotopic (exact) mass is 486 g/mol. The molecule has 9 heteroatoms. The summed E-state index contributed by atoms with van der Waals surface area (Å²) < 4.78 is 32.8. The fourth-order valence-electron chi connectivity index (χ4n) is 3.05. The number of benzene rings is 3. The fraction of sp³-hybridized carbons (Fsp3) is 0.167. The lowest BCUT2D eigenvalue weighted by Crippen LogP contribution is -2.38. The Labute approximate surface area is 198 Å². The molecule has 0 unspecified atom stereocenters. The van der Waals surface area contributed by atoms with Crippen molar-refractivity contribution in [2.45, 2.75) is 18.7 Å². The average Bonchev–Trinajstić information content (AvgIpc) is 2.78. The predicted octanol–water partition coefficient (Wildman–Crippen LogP) is 4.66. The smallest absolute Gasteiger partial charge is 0.338 e. The first-order chi connectivity index (χ1) is 15.7. The number of esters is 1. The molecular weight excluding hydrogens is 464 g/mol. The Bertz CT molecular complexity index is 1260. The molecule has 1 N–H and O–H groups in total. The summed E-state index contributed by atoms with van der Waals surface area (Å²) in [5.41, 5.74) is 1.76. The molecule has 0 spiro atoms. The van der Waals surface area contributed by atoms with Crippen molar-refractivity contribution in [3.8, 4) is 0 Å². The Hall–Kier alpha value is -3.36. The highest BCUT2D eigenvalue weighted by Crippen LogP contribution is 2.26. The molecule has 0 aliphatic carbocycles. The first-order valence-electron chi connectivity index (χ1n) is 10.1. The van der Waals surface area contributed by atoms with Gasteiger partial charge in [0.05, 0.1) is 22.8 Å². The Kier molecular flexibility index (Phi) is 7.73. The van der Waals surface area contributed by atoms with E-state index in [1.54, 1.807) is 55.5 Å². The molecule has 0 aliphatic heterocycles. The molecule has 33 heavy (non-hydrogen) atoms. The maximum absolute atomic E-state index is 13.4. The molecule has 0 heterocycles. The molecular formula is C24H23ClN2O5S. The van der Waals surface area contributed by atoms with Gasteiger partial charge in [0.1, 0.15) is 6.54 Å². The summed E-state index contributed by atoms with van der Waals surface area (Å²) in [6.07, 6.45) is 0. The minimum absolute atomic E-state index is 0.0465. The van der Waals surface area contributed by atoms with Gasteiger partial charge in [-0.25, -0.2) is 13.2 Å². The minimum atomic E-state index is -4.06. The Morgan fingerprint density at radius 2 is 1.70 bits per heavy atom. The third-order valence-corrected chi connectivity index (χ3v) is 6.67. The molecule has 0 saturated carbocycles. The lowest BCUT2D eigenvalue weighted by Gasteiger charge is -2.24. The third-order valence-electron chi connectivity index (χ3n) is 4.65. The molecule has 0 radical (unpaired) electrons. The zero-order valence-corrected chi connectivity index (χ0v) is 19.7. The Morgan fingerprint density at radius 1 is 1.00 bits per heavy atom. The number of amides is 1. The van der Waals surface area contributed by atoms with Crippen molar-refractivity contribution < 1.29 is 22.7 Å². The zero-order valence-electron chi connectivity index (χ0n) is 18.1. The van der Waals surface area contributed by atoms with E-state index in [9.17, 15) is 18.0 Å². The highest BCUT2D eigenvalue weighted by atomic mass is 35.5. The van der Waals surface area contributed by atoms with Crippen molar-refractivity contribution in [3.05, 3.63) is 88.9 Å². The molecule has 1 amide bonds. The van der Waals surface area contributed by atoms with Crippen LogP contribution >= 0.6 is 11.6 Å². The van der Waals surface area contributed by atoms with E-state index in [0.29, 0.717) is 10.7 Å². The number of nitrogens with one attached hydrogen (secondary N) is 1. The van der Waals surface area contributed by atoms with Crippen molar-refractivity contribution in [1.29, 1.82) is 0 Å². The quantitative estimate of drug-likeness (QED) is 0.467. The molecule has 172 valence electrons. The number of rotatable bonds is 8. The van der Waals surface area contributed by atoms with Gasteiger partial charge in [-0.2, -0.15) is 0 Å². The highest BCUT2D eigenvalue weighted by Gasteiger charge is 2.27. The lowest BCUT2D eigenvalue weighted by atomic mass is 10.2. The van der Waals surface area contributed by atoms with E-state index >= 15 is 0 Å². The zero-order chi connectivity index (χ0) is 24.0. The van der Waals surface area contributed by atoms with Crippen LogP contribution in [0.2, 0.25) is 5.02 Å². The van der Waals surface area contributed by atoms with Gasteiger partial charge >= 0.3 is 5.97 Å². The van der Waals surface area contributed by atoms with Crippen LogP contribution in [0.1, 0.15) is 22.8 Å². The van der Waals surface area contributed by atoms with Gasteiger partial charge < -0.3 is 10.1 Å². The number of hydrogen-bond donors (Lipinski definition) is 1. The summed E-state index contributed by atoms with van der Waals surface area (Å²) in [7, 11) is -4.06. The number of carbonyl (C=O) groups is 2. The van der Waals surface area contributed by atoms with Crippen LogP contribution in [0.25, 0.3) is 0 Å². The second kappa shape index (κ2) is 10.5. The van der Waals surface area contributed by atoms with Gasteiger partial charge in [-0.1, -0.05) is 41.4 Å². The maximum Gasteiger partial charge on any atom is 0.338 e. The van der Waals surface area contributed by atoms with Gasteiger partial charge in [-0.05, 0) is 62.4 Å². The van der Waals surface area contributed by atoms with E-state index < -0.39 is 28.4 Å². The molecule has 3 aromatic rings. The molecule has 0 aliphatic rings. The normalized spacial score (nSPS) is 11.0. The van der Waals surface area contributed by atoms with Crippen molar-refractivity contribution in [1.82, 2.24) is 0 Å². The van der Waals surface area contributed by atoms with Gasteiger partial charge in [0, 0.05) is 10.7 Å². The number of sulfonamides is 1. The Balaban J connectivity index is 1.89. The fourth-order valence-corrected chi connectivity index (χ4v) is 4.65. The summed E-state index contributed by atoms with van der Waals surface area (Å²) in [5, 5.41) is 2.97. The summed E-state index contributed by atoms with van der Waals surface area (Å²) >= 11 is 6.08. The first kappa shape index (κ1) is 24.3. The van der Waals surface area contributed by atoms with Crippen LogP contribution in [0.15, 0.2) is 77.7 Å². The van der Waals surface area contributed by atoms with Crippen molar-refractivity contribution in [2.75, 3.05) is 22.8 Å². The molecule has 3 aromatic carbocycles. The molecule has 0 aromatic heterocycles. The number of nitrogens with zero attached hydrogens (tertiary/aromatic N) is 1. The number of ether oxygens (including phenoxy) is 1. The van der Waals surface area contributed by atoms with Gasteiger partial charge in [0.2, 0.25) is 5.91 Å². The van der Waals surface area contributed by atoms with E-state index in [4.69, 9.17) is 16.3 Å². The van der Waals surface area contributed by atoms with Gasteiger partial charge in [-0.15, -0.1) is 0 Å². The number of halogens is 1. The van der Waals surface area contributed by atoms with Gasteiger partial charge in [-0.3, -0.25) is 9.10 Å². The molecule has 3 rings (SSSR count). The molecule has 0 atom stereocenters. The van der Waals surface area contributed by atoms with E-state index in [1.165, 1.54) is 24.3 Å². The predicted molar refractivity (Wildman–Crippen MR) is 128 cm³/mol. The van der Waals surface area contributed by atoms with Crippen LogP contribution < -0.4 is 9.62 Å². The summed E-state index contributed by atoms with van der Waals surface area (Å²) in [6, 6.07) is 18.8. The van der Waals surface area contributed by atoms with Gasteiger partial charge in [0.15, 0.2) is 0 Å². The van der Waals surface area contributed by atoms with Crippen LogP contribution in [0.4, 0.5) is 11.4 Å². The van der Waals surface area contributed by atoms with E-state index in [2.05, 4.69) is 5.32 Å². The second-order valence-corrected chi connectivity index (χ2v) is 9.45. The number of hydrogen-bond acceptors (Lipinski definition) is 5. The number of anilines is 2. The molecule has 0 bridgehead atoms. The number of aryl methyl sites for hydroxylation is 1. The summed E-state index contributed by atoms with van der Waals surface area (Å²) in [5.74, 6) is -1.11. The largest absolute Gasteiger partial charge is 0.462 e. The van der Waals surface area contributed by atoms with Crippen LogP contribution in [0.3, 0.4) is 0 Å². The summed E-state index contributed by atoms with van der Waals surface area (Å²) in [4.78, 5) is 24.9. The third kappa shape index (κ3) is 6.12. The first-order valence-corrected chi connectivity index (χ1v) is 11.9. The van der Waals surface area contributed by atoms with Crippen LogP contribution in [-0.2, 0) is 19.6 Å². The molecule has 0 fully saturated rings. The Morgan fingerprint density at radius 3 is 2.36 bits per heavy atom. The second-order valence-electron chi connectivity index (χ2n) is 7.15. The van der Waals surface area contributed by atoms with E-state index in [1.807, 2.05) is 6.92 Å². The van der Waals surface area contributed by atoms with Crippen molar-refractivity contribution in [2.24, 2.45) is 0 Å². The van der Waals surface area contributed by atoms with Crippen LogP contribution in [0, 0.1) is 6.92 Å². The average molecular weight is 487 g/mol. The SMILES string of the molecule is CCOC(=O)c1cccc(NC(=O)CN(c2cccc(Cl)c2)S(=O)(=O)c2ccc(C)cc2)c1. The number of carbonyl (C=O) groups excluding carboxylic acids is 2. The van der Waals surface area contributed by atoms with Crippen molar-refractivity contribution >= 4 is 44.9 Å². The van der Waals surface area contributed by atoms with Crippen LogP contribution in [0.5, 0.6) is 0 Å². The molecule has 7 nitrogen and oxygen atoms in total. The minimum Gasteiger partial charge on any atom is -0.462 e. The highest BCUT2D eigenvalue weighted by molar-refractivity contribution is 7.92. The van der Waals surface area contributed by atoms with Crippen molar-refractivity contribution in [3.63, 3.8) is 0 Å². The van der Waals surface area contributed by atoms with E-state index in [-0.39, 0.29) is 22.8 Å². The molecule has 0 saturated heterocycles. The topological polar surface area (TPSA) is 92.8 Å². The summed E-state index contributed by atoms with van der Waals surface area (Å²) in [6.45, 7) is 3.27. The van der Waals surface area contributed by atoms with E-state index in [0.717, 1.165) is 9.87 Å². The van der Waals surface area contributed by atoms with Crippen LogP contribution in [-0.4, -0.2) is 33.4 Å².